The number of H-pyrrole nitrogens is 2. The summed E-state index contributed by atoms with van der Waals surface area (Å²) in [4.78, 5) is 29.2. The maximum absolute atomic E-state index is 12.3. The molecule has 3 rings (SSSR count). The monoisotopic (exact) mass is 283 g/mol. The molecule has 0 radical (unpaired) electrons. The SMILES string of the molecule is Cc1cc(NC(=O)c2c[nH]c3ccccc23)c(C(=O)O)[nH]1. The molecule has 0 spiro atoms. The molecule has 0 unspecified atom stereocenters. The minimum Gasteiger partial charge on any atom is -0.477 e. The van der Waals surface area contributed by atoms with Crippen LogP contribution in [0.25, 0.3) is 10.9 Å². The van der Waals surface area contributed by atoms with Crippen LogP contribution < -0.4 is 5.32 Å². The summed E-state index contributed by atoms with van der Waals surface area (Å²) in [5.41, 5.74) is 2.23. The van der Waals surface area contributed by atoms with Gasteiger partial charge in [-0.3, -0.25) is 4.79 Å². The molecule has 6 heteroatoms. The van der Waals surface area contributed by atoms with Crippen molar-refractivity contribution >= 4 is 28.5 Å². The third kappa shape index (κ3) is 2.27. The molecule has 0 aliphatic carbocycles. The van der Waals surface area contributed by atoms with Crippen molar-refractivity contribution < 1.29 is 14.7 Å². The molecule has 6 nitrogen and oxygen atoms in total. The number of carboxylic acid groups (broad SMARTS) is 1. The smallest absolute Gasteiger partial charge is 0.354 e. The second-order valence-electron chi connectivity index (χ2n) is 4.75. The molecule has 0 fully saturated rings. The highest BCUT2D eigenvalue weighted by Crippen LogP contribution is 2.21. The Morgan fingerprint density at radius 2 is 2.00 bits per heavy atom. The zero-order valence-corrected chi connectivity index (χ0v) is 11.2. The van der Waals surface area contributed by atoms with E-state index in [9.17, 15) is 9.59 Å². The summed E-state index contributed by atoms with van der Waals surface area (Å²) < 4.78 is 0. The standard InChI is InChI=1S/C15H13N3O3/c1-8-6-12(13(17-8)15(20)21)18-14(19)10-7-16-11-5-3-2-4-9(10)11/h2-7,16-17H,1H3,(H,18,19)(H,20,21). The summed E-state index contributed by atoms with van der Waals surface area (Å²) in [7, 11) is 0. The summed E-state index contributed by atoms with van der Waals surface area (Å²) in [6.07, 6.45) is 1.61. The molecule has 1 aromatic carbocycles. The number of amides is 1. The highest BCUT2D eigenvalue weighted by molar-refractivity contribution is 6.14. The molecular formula is C15H13N3O3. The highest BCUT2D eigenvalue weighted by atomic mass is 16.4. The number of carbonyl (C=O) groups excluding carboxylic acids is 1. The number of nitrogens with one attached hydrogen (secondary N) is 3. The molecule has 0 aliphatic rings. The van der Waals surface area contributed by atoms with E-state index in [0.29, 0.717) is 11.3 Å². The molecule has 4 N–H and O–H groups in total. The van der Waals surface area contributed by atoms with Gasteiger partial charge < -0.3 is 20.4 Å². The molecule has 1 amide bonds. The van der Waals surface area contributed by atoms with Gasteiger partial charge in [0.05, 0.1) is 11.3 Å². The van der Waals surface area contributed by atoms with Gasteiger partial charge in [-0.1, -0.05) is 18.2 Å². The average Bonchev–Trinajstić information content (AvgIpc) is 3.02. The van der Waals surface area contributed by atoms with Gasteiger partial charge in [-0.2, -0.15) is 0 Å². The van der Waals surface area contributed by atoms with Gasteiger partial charge in [-0.05, 0) is 19.1 Å². The Labute approximate surface area is 119 Å². The van der Waals surface area contributed by atoms with E-state index in [0.717, 1.165) is 10.9 Å². The molecule has 21 heavy (non-hydrogen) atoms. The predicted octanol–water partition coefficient (Wildman–Crippen LogP) is 2.75. The van der Waals surface area contributed by atoms with Crippen molar-refractivity contribution in [2.24, 2.45) is 0 Å². The first kappa shape index (κ1) is 13.0. The molecule has 0 aliphatic heterocycles. The van der Waals surface area contributed by atoms with Crippen molar-refractivity contribution in [3.8, 4) is 0 Å². The van der Waals surface area contributed by atoms with Gasteiger partial charge in [-0.15, -0.1) is 0 Å². The van der Waals surface area contributed by atoms with Crippen LogP contribution >= 0.6 is 0 Å². The summed E-state index contributed by atoms with van der Waals surface area (Å²) in [5.74, 6) is -1.47. The number of fused-ring (bicyclic) bond motifs is 1. The summed E-state index contributed by atoms with van der Waals surface area (Å²) in [6, 6.07) is 9.02. The van der Waals surface area contributed by atoms with Gasteiger partial charge in [-0.25, -0.2) is 4.79 Å². The maximum atomic E-state index is 12.3. The molecule has 106 valence electrons. The number of hydrogen-bond acceptors (Lipinski definition) is 2. The van der Waals surface area contributed by atoms with E-state index in [4.69, 9.17) is 5.11 Å². The summed E-state index contributed by atoms with van der Waals surface area (Å²) in [5, 5.41) is 12.5. The number of benzene rings is 1. The predicted molar refractivity (Wildman–Crippen MR) is 78.7 cm³/mol. The molecule has 0 saturated carbocycles. The Bertz CT molecular complexity index is 845. The number of aromatic nitrogens is 2. The third-order valence-electron chi connectivity index (χ3n) is 3.25. The molecule has 2 aromatic heterocycles. The normalized spacial score (nSPS) is 10.7. The van der Waals surface area contributed by atoms with Crippen LogP contribution in [0.5, 0.6) is 0 Å². The fourth-order valence-corrected chi connectivity index (χ4v) is 2.31. The first-order valence-corrected chi connectivity index (χ1v) is 6.36. The number of hydrogen-bond donors (Lipinski definition) is 4. The topological polar surface area (TPSA) is 98.0 Å². The number of carboxylic acids is 1. The number of carbonyl (C=O) groups is 2. The molecule has 2 heterocycles. The molecule has 0 bridgehead atoms. The number of aromatic carboxylic acids is 1. The van der Waals surface area contributed by atoms with E-state index in [2.05, 4.69) is 15.3 Å². The van der Waals surface area contributed by atoms with Crippen LogP contribution in [0, 0.1) is 6.92 Å². The highest BCUT2D eigenvalue weighted by Gasteiger charge is 2.18. The van der Waals surface area contributed by atoms with Crippen molar-refractivity contribution in [1.29, 1.82) is 0 Å². The minimum absolute atomic E-state index is 0.0271. The fraction of sp³-hybridized carbons (Fsp3) is 0.0667. The Hall–Kier alpha value is -3.02. The Morgan fingerprint density at radius 1 is 1.24 bits per heavy atom. The fourth-order valence-electron chi connectivity index (χ4n) is 2.31. The van der Waals surface area contributed by atoms with E-state index < -0.39 is 5.97 Å². The van der Waals surface area contributed by atoms with Crippen LogP contribution in [0.1, 0.15) is 26.5 Å². The van der Waals surface area contributed by atoms with Crippen LogP contribution in [0.3, 0.4) is 0 Å². The zero-order valence-electron chi connectivity index (χ0n) is 11.2. The van der Waals surface area contributed by atoms with Gasteiger partial charge >= 0.3 is 5.97 Å². The summed E-state index contributed by atoms with van der Waals surface area (Å²) >= 11 is 0. The van der Waals surface area contributed by atoms with Crippen molar-refractivity contribution in [3.63, 3.8) is 0 Å². The quantitative estimate of drug-likeness (QED) is 0.595. The lowest BCUT2D eigenvalue weighted by Crippen LogP contribution is -2.13. The number of aryl methyl sites for hydroxylation is 1. The summed E-state index contributed by atoms with van der Waals surface area (Å²) in [6.45, 7) is 1.73. The Kier molecular flexibility index (Phi) is 2.98. The van der Waals surface area contributed by atoms with Crippen molar-refractivity contribution in [2.45, 2.75) is 6.92 Å². The van der Waals surface area contributed by atoms with Crippen molar-refractivity contribution in [3.05, 3.63) is 53.5 Å². The Balaban J connectivity index is 1.95. The van der Waals surface area contributed by atoms with E-state index in [1.807, 2.05) is 24.3 Å². The number of para-hydroxylation sites is 1. The second kappa shape index (κ2) is 4.82. The maximum Gasteiger partial charge on any atom is 0.354 e. The van der Waals surface area contributed by atoms with E-state index in [1.54, 1.807) is 19.2 Å². The van der Waals surface area contributed by atoms with E-state index in [1.165, 1.54) is 0 Å². The van der Waals surface area contributed by atoms with Crippen LogP contribution in [-0.2, 0) is 0 Å². The van der Waals surface area contributed by atoms with Gasteiger partial charge in [0.1, 0.15) is 5.69 Å². The van der Waals surface area contributed by atoms with Gasteiger partial charge in [0.25, 0.3) is 5.91 Å². The molecular weight excluding hydrogens is 270 g/mol. The van der Waals surface area contributed by atoms with Gasteiger partial charge in [0.15, 0.2) is 0 Å². The lowest BCUT2D eigenvalue weighted by molar-refractivity contribution is 0.0692. The minimum atomic E-state index is -1.11. The van der Waals surface area contributed by atoms with Gasteiger partial charge in [0, 0.05) is 22.8 Å². The number of aromatic amines is 2. The molecule has 3 aromatic rings. The van der Waals surface area contributed by atoms with Crippen LogP contribution in [0.15, 0.2) is 36.5 Å². The first-order valence-electron chi connectivity index (χ1n) is 6.36. The lowest BCUT2D eigenvalue weighted by atomic mass is 10.1. The van der Waals surface area contributed by atoms with Crippen molar-refractivity contribution in [1.82, 2.24) is 9.97 Å². The number of rotatable bonds is 3. The number of anilines is 1. The largest absolute Gasteiger partial charge is 0.477 e. The third-order valence-corrected chi connectivity index (χ3v) is 3.25. The molecule has 0 atom stereocenters. The first-order chi connectivity index (χ1) is 10.1. The van der Waals surface area contributed by atoms with Crippen LogP contribution in [0.2, 0.25) is 0 Å². The van der Waals surface area contributed by atoms with Crippen molar-refractivity contribution in [2.75, 3.05) is 5.32 Å². The second-order valence-corrected chi connectivity index (χ2v) is 4.75. The lowest BCUT2D eigenvalue weighted by Gasteiger charge is -2.03. The van der Waals surface area contributed by atoms with Gasteiger partial charge in [0.2, 0.25) is 0 Å². The average molecular weight is 283 g/mol. The Morgan fingerprint density at radius 3 is 2.76 bits per heavy atom. The van der Waals surface area contributed by atoms with E-state index >= 15 is 0 Å². The van der Waals surface area contributed by atoms with Crippen LogP contribution in [-0.4, -0.2) is 27.0 Å². The van der Waals surface area contributed by atoms with E-state index in [-0.39, 0.29) is 17.3 Å². The zero-order chi connectivity index (χ0) is 15.0. The molecule has 0 saturated heterocycles. The van der Waals surface area contributed by atoms with Crippen LogP contribution in [0.4, 0.5) is 5.69 Å².